The second kappa shape index (κ2) is 9.55. The summed E-state index contributed by atoms with van der Waals surface area (Å²) in [6.07, 6.45) is 6.56. The number of unbranched alkanes of at least 4 members (excludes halogenated alkanes) is 1. The molecule has 2 heterocycles. The number of hydrogen-bond donors (Lipinski definition) is 0. The highest BCUT2D eigenvalue weighted by molar-refractivity contribution is 5.33. The van der Waals surface area contributed by atoms with Crippen molar-refractivity contribution in [2.45, 2.75) is 71.3 Å². The van der Waals surface area contributed by atoms with E-state index in [-0.39, 0.29) is 5.60 Å². The summed E-state index contributed by atoms with van der Waals surface area (Å²) in [5.41, 5.74) is 0.577. The van der Waals surface area contributed by atoms with Gasteiger partial charge in [-0.2, -0.15) is 5.10 Å². The molecule has 0 radical (unpaired) electrons. The van der Waals surface area contributed by atoms with Crippen LogP contribution in [-0.4, -0.2) is 34.5 Å². The molecule has 0 N–H and O–H groups in total. The minimum absolute atomic E-state index is 0.368. The summed E-state index contributed by atoms with van der Waals surface area (Å²) in [5.74, 6) is -0.315. The van der Waals surface area contributed by atoms with Gasteiger partial charge in [0.25, 0.3) is 5.91 Å². The first-order chi connectivity index (χ1) is 13.9. The van der Waals surface area contributed by atoms with E-state index in [2.05, 4.69) is 12.0 Å². The molecule has 0 saturated carbocycles. The first-order valence-electron chi connectivity index (χ1n) is 10.6. The molecule has 0 aliphatic carbocycles. The van der Waals surface area contributed by atoms with E-state index in [1.807, 2.05) is 57.2 Å². The lowest BCUT2D eigenvalue weighted by Gasteiger charge is -2.38. The number of benzene rings is 1. The molecule has 2 aromatic rings. The molecule has 1 fully saturated rings. The van der Waals surface area contributed by atoms with Gasteiger partial charge >= 0.3 is 0 Å². The van der Waals surface area contributed by atoms with Gasteiger partial charge in [-0.15, -0.1) is 0 Å². The molecule has 1 saturated heterocycles. The van der Waals surface area contributed by atoms with Crippen molar-refractivity contribution in [3.8, 4) is 11.6 Å². The number of nitrogens with zero attached hydrogens (tertiary/aromatic N) is 3. The zero-order valence-electron chi connectivity index (χ0n) is 18.1. The fraction of sp³-hybridized carbons (Fsp3) is 0.565. The Morgan fingerprint density at radius 3 is 2.66 bits per heavy atom. The average Bonchev–Trinajstić information content (AvgIpc) is 2.68. The Hall–Kier alpha value is -2.18. The van der Waals surface area contributed by atoms with E-state index in [9.17, 15) is 0 Å². The lowest BCUT2D eigenvalue weighted by Crippen LogP contribution is -2.44. The van der Waals surface area contributed by atoms with Crippen LogP contribution in [0.4, 0.5) is 0 Å². The van der Waals surface area contributed by atoms with Crippen molar-refractivity contribution < 1.29 is 14.2 Å². The maximum absolute atomic E-state index is 6.26. The second-order valence-corrected chi connectivity index (χ2v) is 8.35. The van der Waals surface area contributed by atoms with Gasteiger partial charge in [0.2, 0.25) is 5.88 Å². The van der Waals surface area contributed by atoms with Crippen LogP contribution in [0.15, 0.2) is 47.6 Å². The SMILES string of the molecule is CCCCOc1cc(=NC2(OC(C)(C)C)CCCCO2)cnn1-c1ccccc1. The topological polar surface area (TPSA) is 57.9 Å². The van der Waals surface area contributed by atoms with Crippen molar-refractivity contribution in [2.24, 2.45) is 4.99 Å². The van der Waals surface area contributed by atoms with Crippen LogP contribution in [0, 0.1) is 0 Å². The van der Waals surface area contributed by atoms with Crippen LogP contribution in [0.1, 0.15) is 59.8 Å². The van der Waals surface area contributed by atoms with Crippen LogP contribution < -0.4 is 10.1 Å². The van der Waals surface area contributed by atoms with E-state index in [1.165, 1.54) is 0 Å². The van der Waals surface area contributed by atoms with Crippen LogP contribution in [-0.2, 0) is 9.47 Å². The van der Waals surface area contributed by atoms with E-state index >= 15 is 0 Å². The number of aromatic nitrogens is 2. The van der Waals surface area contributed by atoms with Crippen molar-refractivity contribution in [3.63, 3.8) is 0 Å². The summed E-state index contributed by atoms with van der Waals surface area (Å²) < 4.78 is 20.1. The van der Waals surface area contributed by atoms with Gasteiger partial charge < -0.3 is 14.2 Å². The minimum atomic E-state index is -0.974. The Labute approximate surface area is 173 Å². The lowest BCUT2D eigenvalue weighted by atomic mass is 10.1. The van der Waals surface area contributed by atoms with Gasteiger partial charge in [-0.3, -0.25) is 0 Å². The van der Waals surface area contributed by atoms with Gasteiger partial charge in [0, 0.05) is 12.5 Å². The molecule has 6 nitrogen and oxygen atoms in total. The third-order valence-electron chi connectivity index (χ3n) is 4.51. The summed E-state index contributed by atoms with van der Waals surface area (Å²) in [5, 5.41) is 5.30. The van der Waals surface area contributed by atoms with Crippen molar-refractivity contribution in [2.75, 3.05) is 13.2 Å². The smallest absolute Gasteiger partial charge is 0.270 e. The lowest BCUT2D eigenvalue weighted by molar-refractivity contribution is -0.290. The van der Waals surface area contributed by atoms with E-state index in [0.717, 1.165) is 37.8 Å². The summed E-state index contributed by atoms with van der Waals surface area (Å²) in [4.78, 5) is 4.86. The van der Waals surface area contributed by atoms with Gasteiger partial charge in [0.05, 0.1) is 36.1 Å². The molecule has 29 heavy (non-hydrogen) atoms. The standard InChI is InChI=1S/C23H33N3O3/c1-5-6-15-27-21-17-19(18-24-26(21)20-12-8-7-9-13-20)25-23(29-22(2,3)4)14-10-11-16-28-23/h7-9,12-13,17-18H,5-6,10-11,14-16H2,1-4H3. The number of hydrogen-bond acceptors (Lipinski definition) is 5. The third-order valence-corrected chi connectivity index (χ3v) is 4.51. The zero-order valence-corrected chi connectivity index (χ0v) is 18.1. The number of rotatable bonds is 7. The molecular formula is C23H33N3O3. The Morgan fingerprint density at radius 2 is 2.00 bits per heavy atom. The average molecular weight is 400 g/mol. The highest BCUT2D eigenvalue weighted by atomic mass is 16.7. The molecule has 3 rings (SSSR count). The van der Waals surface area contributed by atoms with Crippen LogP contribution in [0.3, 0.4) is 0 Å². The predicted molar refractivity (Wildman–Crippen MR) is 113 cm³/mol. The fourth-order valence-corrected chi connectivity index (χ4v) is 3.27. The largest absolute Gasteiger partial charge is 0.478 e. The predicted octanol–water partition coefficient (Wildman–Crippen LogP) is 4.62. The highest BCUT2D eigenvalue weighted by Crippen LogP contribution is 2.31. The molecule has 0 bridgehead atoms. The van der Waals surface area contributed by atoms with Crippen LogP contribution >= 0.6 is 0 Å². The molecule has 1 unspecified atom stereocenters. The third kappa shape index (κ3) is 6.15. The van der Waals surface area contributed by atoms with Crippen LogP contribution in [0.25, 0.3) is 5.69 Å². The first-order valence-corrected chi connectivity index (χ1v) is 10.6. The molecule has 1 aromatic heterocycles. The van der Waals surface area contributed by atoms with Crippen molar-refractivity contribution in [1.82, 2.24) is 9.78 Å². The maximum Gasteiger partial charge on any atom is 0.270 e. The summed E-state index contributed by atoms with van der Waals surface area (Å²) >= 11 is 0. The fourth-order valence-electron chi connectivity index (χ4n) is 3.27. The molecule has 0 amide bonds. The zero-order chi connectivity index (χ0) is 20.7. The maximum atomic E-state index is 6.26. The van der Waals surface area contributed by atoms with Crippen LogP contribution in [0.2, 0.25) is 0 Å². The van der Waals surface area contributed by atoms with Gasteiger partial charge in [-0.1, -0.05) is 31.5 Å². The summed E-state index contributed by atoms with van der Waals surface area (Å²) in [7, 11) is 0. The molecular weight excluding hydrogens is 366 g/mol. The van der Waals surface area contributed by atoms with Gasteiger partial charge in [-0.05, 0) is 52.2 Å². The van der Waals surface area contributed by atoms with Gasteiger partial charge in [-0.25, -0.2) is 9.67 Å². The summed E-state index contributed by atoms with van der Waals surface area (Å²) in [6.45, 7) is 9.49. The molecule has 0 spiro atoms. The molecule has 1 atom stereocenters. The molecule has 1 aliphatic heterocycles. The normalized spacial score (nSPS) is 20.6. The molecule has 6 heteroatoms. The molecule has 158 valence electrons. The quantitative estimate of drug-likeness (QED) is 0.638. The minimum Gasteiger partial charge on any atom is -0.478 e. The Bertz CT molecular complexity index is 834. The van der Waals surface area contributed by atoms with Gasteiger partial charge in [0.1, 0.15) is 0 Å². The number of ether oxygens (including phenoxy) is 3. The van der Waals surface area contributed by atoms with E-state index in [1.54, 1.807) is 10.9 Å². The van der Waals surface area contributed by atoms with Crippen molar-refractivity contribution in [1.29, 1.82) is 0 Å². The second-order valence-electron chi connectivity index (χ2n) is 8.35. The van der Waals surface area contributed by atoms with E-state index < -0.39 is 5.91 Å². The Kier molecular flexibility index (Phi) is 7.09. The van der Waals surface area contributed by atoms with E-state index in [0.29, 0.717) is 24.5 Å². The van der Waals surface area contributed by atoms with Gasteiger partial charge in [0.15, 0.2) is 0 Å². The van der Waals surface area contributed by atoms with Crippen molar-refractivity contribution >= 4 is 0 Å². The Balaban J connectivity index is 2.00. The molecule has 1 aliphatic rings. The number of para-hydroxylation sites is 1. The van der Waals surface area contributed by atoms with E-state index in [4.69, 9.17) is 19.2 Å². The monoisotopic (exact) mass is 399 g/mol. The first kappa shape index (κ1) is 21.5. The Morgan fingerprint density at radius 1 is 1.21 bits per heavy atom. The highest BCUT2D eigenvalue weighted by Gasteiger charge is 2.38. The summed E-state index contributed by atoms with van der Waals surface area (Å²) in [6, 6.07) is 11.9. The molecule has 1 aromatic carbocycles. The van der Waals surface area contributed by atoms with Crippen LogP contribution in [0.5, 0.6) is 5.88 Å². The van der Waals surface area contributed by atoms with Crippen molar-refractivity contribution in [3.05, 3.63) is 48.0 Å².